The Labute approximate surface area is 102 Å². The van der Waals surface area contributed by atoms with Crippen LogP contribution in [-0.2, 0) is 0 Å². The average molecular weight is 218 g/mol. The van der Waals surface area contributed by atoms with Crippen molar-refractivity contribution >= 4 is 0 Å². The Morgan fingerprint density at radius 1 is 1.00 bits per heavy atom. The van der Waals surface area contributed by atoms with Gasteiger partial charge in [0.25, 0.3) is 0 Å². The van der Waals surface area contributed by atoms with E-state index in [-0.39, 0.29) is 0 Å². The van der Waals surface area contributed by atoms with Gasteiger partial charge < -0.3 is 0 Å². The summed E-state index contributed by atoms with van der Waals surface area (Å²) in [5, 5.41) is 0. The molecule has 0 heterocycles. The van der Waals surface area contributed by atoms with Gasteiger partial charge in [-0.3, -0.25) is 0 Å². The molecule has 0 aromatic heterocycles. The molecule has 1 unspecified atom stereocenters. The number of hydrogen-bond donors (Lipinski definition) is 0. The number of hydrogen-bond acceptors (Lipinski definition) is 0. The second kappa shape index (κ2) is 3.33. The highest BCUT2D eigenvalue weighted by molar-refractivity contribution is 5.71. The molecule has 4 aliphatic carbocycles. The Bertz CT molecular complexity index is 598. The lowest BCUT2D eigenvalue weighted by atomic mass is 9.92. The maximum Gasteiger partial charge on any atom is 0.0287 e. The fourth-order valence-corrected chi connectivity index (χ4v) is 3.29. The van der Waals surface area contributed by atoms with Gasteiger partial charge in [0.05, 0.1) is 0 Å². The van der Waals surface area contributed by atoms with E-state index in [1.807, 2.05) is 0 Å². The second-order valence-electron chi connectivity index (χ2n) is 4.91. The molecule has 82 valence electrons. The molecule has 0 fully saturated rings. The third kappa shape index (κ3) is 1.18. The SMILES string of the molecule is C1=CC=C2C=CC3C4=C(CCC=C4)C(=C23)C=C1. The Kier molecular flexibility index (Phi) is 1.81. The van der Waals surface area contributed by atoms with Crippen LogP contribution in [-0.4, -0.2) is 0 Å². The molecule has 17 heavy (non-hydrogen) atoms. The van der Waals surface area contributed by atoms with Crippen LogP contribution in [0.5, 0.6) is 0 Å². The molecule has 0 N–H and O–H groups in total. The molecule has 0 amide bonds. The highest BCUT2D eigenvalue weighted by Gasteiger charge is 2.34. The van der Waals surface area contributed by atoms with Crippen molar-refractivity contribution in [1.82, 2.24) is 0 Å². The summed E-state index contributed by atoms with van der Waals surface area (Å²) in [4.78, 5) is 0. The molecule has 0 spiro atoms. The number of allylic oxidation sites excluding steroid dienone is 14. The van der Waals surface area contributed by atoms with Gasteiger partial charge in [-0.15, -0.1) is 0 Å². The van der Waals surface area contributed by atoms with Gasteiger partial charge in [-0.25, -0.2) is 0 Å². The summed E-state index contributed by atoms with van der Waals surface area (Å²) in [5.41, 5.74) is 7.52. The normalized spacial score (nSPS) is 28.2. The lowest BCUT2D eigenvalue weighted by molar-refractivity contribution is 0.923. The van der Waals surface area contributed by atoms with Crippen LogP contribution in [0.15, 0.2) is 82.5 Å². The molecule has 0 aliphatic heterocycles. The first-order chi connectivity index (χ1) is 8.45. The van der Waals surface area contributed by atoms with Crippen molar-refractivity contribution in [2.45, 2.75) is 12.8 Å². The number of fused-ring (bicyclic) bond motifs is 2. The van der Waals surface area contributed by atoms with Crippen LogP contribution in [0.4, 0.5) is 0 Å². The van der Waals surface area contributed by atoms with Crippen LogP contribution < -0.4 is 0 Å². The molecule has 4 rings (SSSR count). The molecular weight excluding hydrogens is 204 g/mol. The molecule has 0 radical (unpaired) electrons. The van der Waals surface area contributed by atoms with Gasteiger partial charge in [-0.05, 0) is 40.7 Å². The lowest BCUT2D eigenvalue weighted by Gasteiger charge is -2.12. The van der Waals surface area contributed by atoms with E-state index in [9.17, 15) is 0 Å². The van der Waals surface area contributed by atoms with Gasteiger partial charge in [0.1, 0.15) is 0 Å². The molecule has 4 aliphatic rings. The van der Waals surface area contributed by atoms with Crippen molar-refractivity contribution in [3.05, 3.63) is 82.5 Å². The standard InChI is InChI=1S/C17H14/c1-2-6-12-10-11-16-14-8-5-4-7-13(14)15(9-3-1)17(12)16/h1-3,5-6,8-11,16H,4,7H2. The fraction of sp³-hybridized carbons (Fsp3) is 0.176. The summed E-state index contributed by atoms with van der Waals surface area (Å²) in [6.07, 6.45) is 22.6. The molecule has 1 atom stereocenters. The zero-order chi connectivity index (χ0) is 11.2. The smallest absolute Gasteiger partial charge is 0.0287 e. The van der Waals surface area contributed by atoms with Crippen molar-refractivity contribution in [1.29, 1.82) is 0 Å². The third-order valence-corrected chi connectivity index (χ3v) is 4.01. The minimum Gasteiger partial charge on any atom is -0.0839 e. The summed E-state index contributed by atoms with van der Waals surface area (Å²) >= 11 is 0. The predicted octanol–water partition coefficient (Wildman–Crippen LogP) is 4.18. The molecule has 0 saturated carbocycles. The van der Waals surface area contributed by atoms with Gasteiger partial charge in [-0.1, -0.05) is 54.7 Å². The summed E-state index contributed by atoms with van der Waals surface area (Å²) in [6.45, 7) is 0. The highest BCUT2D eigenvalue weighted by atomic mass is 14.4. The van der Waals surface area contributed by atoms with Crippen molar-refractivity contribution in [3.63, 3.8) is 0 Å². The van der Waals surface area contributed by atoms with Gasteiger partial charge in [0, 0.05) is 5.92 Å². The molecular formula is C17H14. The largest absolute Gasteiger partial charge is 0.0839 e. The summed E-state index contributed by atoms with van der Waals surface area (Å²) < 4.78 is 0. The molecule has 0 aromatic carbocycles. The Hall–Kier alpha value is -1.82. The van der Waals surface area contributed by atoms with Crippen LogP contribution in [0.25, 0.3) is 0 Å². The van der Waals surface area contributed by atoms with Gasteiger partial charge >= 0.3 is 0 Å². The molecule has 0 bridgehead atoms. The van der Waals surface area contributed by atoms with Gasteiger partial charge in [0.15, 0.2) is 0 Å². The van der Waals surface area contributed by atoms with E-state index in [1.165, 1.54) is 35.1 Å². The average Bonchev–Trinajstić information content (AvgIpc) is 2.84. The van der Waals surface area contributed by atoms with E-state index in [2.05, 4.69) is 54.7 Å². The van der Waals surface area contributed by atoms with Crippen LogP contribution in [0, 0.1) is 5.92 Å². The lowest BCUT2D eigenvalue weighted by Crippen LogP contribution is -1.97. The van der Waals surface area contributed by atoms with Crippen LogP contribution >= 0.6 is 0 Å². The highest BCUT2D eigenvalue weighted by Crippen LogP contribution is 2.49. The first-order valence-corrected chi connectivity index (χ1v) is 6.33. The van der Waals surface area contributed by atoms with Crippen LogP contribution in [0.1, 0.15) is 12.8 Å². The second-order valence-corrected chi connectivity index (χ2v) is 4.91. The molecule has 0 aromatic rings. The summed E-state index contributed by atoms with van der Waals surface area (Å²) in [5.74, 6) is 0.527. The Balaban J connectivity index is 1.97. The minimum atomic E-state index is 0.527. The fourth-order valence-electron chi connectivity index (χ4n) is 3.29. The zero-order valence-corrected chi connectivity index (χ0v) is 9.69. The van der Waals surface area contributed by atoms with E-state index < -0.39 is 0 Å². The van der Waals surface area contributed by atoms with E-state index in [1.54, 1.807) is 5.57 Å². The van der Waals surface area contributed by atoms with E-state index >= 15 is 0 Å². The first kappa shape index (κ1) is 9.23. The van der Waals surface area contributed by atoms with E-state index in [0.717, 1.165) is 0 Å². The zero-order valence-electron chi connectivity index (χ0n) is 9.69. The van der Waals surface area contributed by atoms with Crippen molar-refractivity contribution in [3.8, 4) is 0 Å². The van der Waals surface area contributed by atoms with Crippen molar-refractivity contribution in [2.75, 3.05) is 0 Å². The minimum absolute atomic E-state index is 0.527. The quantitative estimate of drug-likeness (QED) is 0.572. The maximum atomic E-state index is 2.35. The molecule has 0 saturated heterocycles. The monoisotopic (exact) mass is 218 g/mol. The molecule has 0 nitrogen and oxygen atoms in total. The van der Waals surface area contributed by atoms with Crippen molar-refractivity contribution < 1.29 is 0 Å². The Morgan fingerprint density at radius 2 is 2.00 bits per heavy atom. The topological polar surface area (TPSA) is 0 Å². The van der Waals surface area contributed by atoms with Gasteiger partial charge in [-0.2, -0.15) is 0 Å². The van der Waals surface area contributed by atoms with Crippen molar-refractivity contribution in [2.24, 2.45) is 5.92 Å². The number of rotatable bonds is 0. The maximum absolute atomic E-state index is 2.35. The van der Waals surface area contributed by atoms with Crippen LogP contribution in [0.2, 0.25) is 0 Å². The van der Waals surface area contributed by atoms with E-state index in [4.69, 9.17) is 0 Å². The first-order valence-electron chi connectivity index (χ1n) is 6.33. The summed E-state index contributed by atoms with van der Waals surface area (Å²) in [7, 11) is 0. The Morgan fingerprint density at radius 3 is 3.00 bits per heavy atom. The predicted molar refractivity (Wildman–Crippen MR) is 71.4 cm³/mol. The van der Waals surface area contributed by atoms with E-state index in [0.29, 0.717) is 5.92 Å². The van der Waals surface area contributed by atoms with Crippen LogP contribution in [0.3, 0.4) is 0 Å². The third-order valence-electron chi connectivity index (χ3n) is 4.01. The summed E-state index contributed by atoms with van der Waals surface area (Å²) in [6, 6.07) is 0. The molecule has 0 heteroatoms. The van der Waals surface area contributed by atoms with Gasteiger partial charge in [0.2, 0.25) is 0 Å².